The molecule has 0 aliphatic heterocycles. The lowest BCUT2D eigenvalue weighted by Crippen LogP contribution is -2.39. The van der Waals surface area contributed by atoms with Crippen LogP contribution in [0.1, 0.15) is 50.3 Å². The van der Waals surface area contributed by atoms with Gasteiger partial charge >= 0.3 is 0 Å². The lowest BCUT2D eigenvalue weighted by Gasteiger charge is -2.18. The molecule has 1 heterocycles. The highest BCUT2D eigenvalue weighted by molar-refractivity contribution is 5.77. The second-order valence-corrected chi connectivity index (χ2v) is 8.23. The minimum absolute atomic E-state index is 0.0391. The van der Waals surface area contributed by atoms with Crippen LogP contribution in [0, 0.1) is 0 Å². The highest BCUT2D eigenvalue weighted by atomic mass is 16.5. The van der Waals surface area contributed by atoms with Crippen molar-refractivity contribution < 1.29 is 13.9 Å². The third-order valence-corrected chi connectivity index (χ3v) is 4.82. The van der Waals surface area contributed by atoms with E-state index in [1.165, 1.54) is 16.1 Å². The molecule has 0 spiro atoms. The van der Waals surface area contributed by atoms with Gasteiger partial charge in [0.15, 0.2) is 5.58 Å². The lowest BCUT2D eigenvalue weighted by molar-refractivity contribution is -0.137. The predicted molar refractivity (Wildman–Crippen MR) is 113 cm³/mol. The summed E-state index contributed by atoms with van der Waals surface area (Å²) in [4.78, 5) is 16.7. The van der Waals surface area contributed by atoms with E-state index in [4.69, 9.17) is 15.0 Å². The lowest BCUT2D eigenvalue weighted by atomic mass is 9.87. The number of fused-ring (bicyclic) bond motifs is 1. The van der Waals surface area contributed by atoms with Crippen molar-refractivity contribution >= 4 is 17.0 Å². The number of hydrogen-bond acceptors (Lipinski definition) is 5. The minimum Gasteiger partial charge on any atom is -0.438 e. The van der Waals surface area contributed by atoms with E-state index in [0.29, 0.717) is 18.0 Å². The molecule has 6 nitrogen and oxygen atoms in total. The van der Waals surface area contributed by atoms with Gasteiger partial charge in [-0.15, -0.1) is 0 Å². The standard InChI is InChI=1S/C23H29N3O3/c1-5-16-7-6-8-17(11-16)13-26(24)22(27)15-28-14-21-25-19-12-18(23(2,3)4)9-10-20(19)29-21/h6-12H,5,13-15,24H2,1-4H3. The number of hydrazine groups is 1. The molecule has 154 valence electrons. The Hall–Kier alpha value is -2.70. The van der Waals surface area contributed by atoms with Crippen LogP contribution in [0.15, 0.2) is 46.9 Å². The first kappa shape index (κ1) is 21.0. The van der Waals surface area contributed by atoms with E-state index in [2.05, 4.69) is 44.8 Å². The number of amides is 1. The van der Waals surface area contributed by atoms with Crippen molar-refractivity contribution in [3.05, 3.63) is 65.0 Å². The quantitative estimate of drug-likeness (QED) is 0.370. The first-order valence-corrected chi connectivity index (χ1v) is 9.87. The fourth-order valence-electron chi connectivity index (χ4n) is 3.04. The van der Waals surface area contributed by atoms with Crippen LogP contribution in [0.5, 0.6) is 0 Å². The summed E-state index contributed by atoms with van der Waals surface area (Å²) in [5.74, 6) is 6.05. The molecule has 0 saturated heterocycles. The molecular formula is C23H29N3O3. The molecule has 0 unspecified atom stereocenters. The van der Waals surface area contributed by atoms with Crippen molar-refractivity contribution in [2.75, 3.05) is 6.61 Å². The van der Waals surface area contributed by atoms with Crippen LogP contribution in [0.3, 0.4) is 0 Å². The Balaban J connectivity index is 1.54. The summed E-state index contributed by atoms with van der Waals surface area (Å²) >= 11 is 0. The van der Waals surface area contributed by atoms with E-state index in [0.717, 1.165) is 17.5 Å². The third-order valence-electron chi connectivity index (χ3n) is 4.82. The number of ether oxygens (including phenoxy) is 1. The molecule has 3 rings (SSSR count). The molecule has 1 aromatic heterocycles. The number of carbonyl (C=O) groups excluding carboxylic acids is 1. The maximum atomic E-state index is 12.2. The number of nitrogens with zero attached hydrogens (tertiary/aromatic N) is 2. The van der Waals surface area contributed by atoms with Crippen molar-refractivity contribution in [2.24, 2.45) is 5.84 Å². The van der Waals surface area contributed by atoms with Gasteiger partial charge in [0.25, 0.3) is 5.91 Å². The predicted octanol–water partition coefficient (Wildman–Crippen LogP) is 4.11. The van der Waals surface area contributed by atoms with E-state index >= 15 is 0 Å². The minimum atomic E-state index is -0.293. The normalized spacial score (nSPS) is 11.8. The average molecular weight is 396 g/mol. The molecule has 0 atom stereocenters. The van der Waals surface area contributed by atoms with Crippen molar-refractivity contribution in [1.82, 2.24) is 9.99 Å². The zero-order chi connectivity index (χ0) is 21.0. The van der Waals surface area contributed by atoms with Crippen LogP contribution in [0.25, 0.3) is 11.1 Å². The summed E-state index contributed by atoms with van der Waals surface area (Å²) in [5, 5.41) is 1.18. The van der Waals surface area contributed by atoms with Crippen LogP contribution >= 0.6 is 0 Å². The number of aromatic nitrogens is 1. The molecule has 6 heteroatoms. The number of carbonyl (C=O) groups is 1. The second kappa shape index (κ2) is 8.76. The summed E-state index contributed by atoms with van der Waals surface area (Å²) in [7, 11) is 0. The Labute approximate surface area is 171 Å². The smallest absolute Gasteiger partial charge is 0.262 e. The molecule has 0 fully saturated rings. The highest BCUT2D eigenvalue weighted by Gasteiger charge is 2.16. The molecule has 0 saturated carbocycles. The number of benzene rings is 2. The van der Waals surface area contributed by atoms with Crippen LogP contribution in [0.2, 0.25) is 0 Å². The molecule has 29 heavy (non-hydrogen) atoms. The summed E-state index contributed by atoms with van der Waals surface area (Å²) in [5.41, 5.74) is 4.93. The van der Waals surface area contributed by atoms with Gasteiger partial charge in [-0.3, -0.25) is 9.80 Å². The summed E-state index contributed by atoms with van der Waals surface area (Å²) in [6.07, 6.45) is 0.942. The van der Waals surface area contributed by atoms with Crippen LogP contribution in [-0.2, 0) is 34.5 Å². The Morgan fingerprint density at radius 3 is 2.66 bits per heavy atom. The van der Waals surface area contributed by atoms with E-state index in [-0.39, 0.29) is 24.5 Å². The van der Waals surface area contributed by atoms with Crippen LogP contribution in [0.4, 0.5) is 0 Å². The molecule has 2 aromatic carbocycles. The number of rotatable bonds is 7. The van der Waals surface area contributed by atoms with Gasteiger partial charge in [0.2, 0.25) is 5.89 Å². The number of nitrogens with two attached hydrogens (primary N) is 1. The first-order chi connectivity index (χ1) is 13.8. The van der Waals surface area contributed by atoms with Gasteiger partial charge in [-0.05, 0) is 40.7 Å². The van der Waals surface area contributed by atoms with Crippen molar-refractivity contribution in [3.8, 4) is 0 Å². The summed E-state index contributed by atoms with van der Waals surface area (Å²) in [6, 6.07) is 14.0. The molecular weight excluding hydrogens is 366 g/mol. The topological polar surface area (TPSA) is 81.6 Å². The van der Waals surface area contributed by atoms with Gasteiger partial charge in [-0.1, -0.05) is 58.0 Å². The molecule has 0 aliphatic rings. The van der Waals surface area contributed by atoms with Gasteiger partial charge in [-0.2, -0.15) is 0 Å². The van der Waals surface area contributed by atoms with E-state index in [1.807, 2.05) is 30.3 Å². The molecule has 2 N–H and O–H groups in total. The van der Waals surface area contributed by atoms with Crippen molar-refractivity contribution in [1.29, 1.82) is 0 Å². The molecule has 3 aromatic rings. The van der Waals surface area contributed by atoms with Crippen LogP contribution in [-0.4, -0.2) is 22.5 Å². The fourth-order valence-corrected chi connectivity index (χ4v) is 3.04. The molecule has 0 aliphatic carbocycles. The van der Waals surface area contributed by atoms with E-state index in [9.17, 15) is 4.79 Å². The second-order valence-electron chi connectivity index (χ2n) is 8.23. The molecule has 0 bridgehead atoms. The zero-order valence-corrected chi connectivity index (χ0v) is 17.6. The van der Waals surface area contributed by atoms with E-state index < -0.39 is 0 Å². The van der Waals surface area contributed by atoms with E-state index in [1.54, 1.807) is 0 Å². The molecule has 1 amide bonds. The largest absolute Gasteiger partial charge is 0.438 e. The maximum absolute atomic E-state index is 12.2. The number of hydrogen-bond donors (Lipinski definition) is 1. The Kier molecular flexibility index (Phi) is 6.35. The van der Waals surface area contributed by atoms with Crippen LogP contribution < -0.4 is 5.84 Å². The van der Waals surface area contributed by atoms with Gasteiger partial charge in [0.05, 0.1) is 6.54 Å². The SMILES string of the molecule is CCc1cccc(CN(N)C(=O)COCc2nc3cc(C(C)(C)C)ccc3o2)c1. The number of aryl methyl sites for hydroxylation is 1. The van der Waals surface area contributed by atoms with Gasteiger partial charge < -0.3 is 9.15 Å². The Morgan fingerprint density at radius 2 is 1.93 bits per heavy atom. The van der Waals surface area contributed by atoms with Crippen molar-refractivity contribution in [2.45, 2.75) is 52.7 Å². The van der Waals surface area contributed by atoms with Gasteiger partial charge in [0, 0.05) is 0 Å². The zero-order valence-electron chi connectivity index (χ0n) is 17.6. The Morgan fingerprint density at radius 1 is 1.17 bits per heavy atom. The van der Waals surface area contributed by atoms with Gasteiger partial charge in [0.1, 0.15) is 18.7 Å². The average Bonchev–Trinajstić information content (AvgIpc) is 3.09. The first-order valence-electron chi connectivity index (χ1n) is 9.87. The summed E-state index contributed by atoms with van der Waals surface area (Å²) in [6.45, 7) is 8.88. The van der Waals surface area contributed by atoms with Gasteiger partial charge in [-0.25, -0.2) is 10.8 Å². The van der Waals surface area contributed by atoms with Crippen molar-refractivity contribution in [3.63, 3.8) is 0 Å². The summed E-state index contributed by atoms with van der Waals surface area (Å²) < 4.78 is 11.2. The number of oxazole rings is 1. The molecule has 0 radical (unpaired) electrons. The monoisotopic (exact) mass is 395 g/mol. The third kappa shape index (κ3) is 5.43. The maximum Gasteiger partial charge on any atom is 0.262 e. The highest BCUT2D eigenvalue weighted by Crippen LogP contribution is 2.26. The Bertz CT molecular complexity index is 988. The fraction of sp³-hybridized carbons (Fsp3) is 0.391.